The molecule has 1 fully saturated rings. The van der Waals surface area contributed by atoms with Crippen LogP contribution in [0.3, 0.4) is 0 Å². The minimum Gasteiger partial charge on any atom is -0.507 e. The third-order valence-electron chi connectivity index (χ3n) is 7.21. The predicted octanol–water partition coefficient (Wildman–Crippen LogP) is 5.84. The van der Waals surface area contributed by atoms with Gasteiger partial charge in [0.2, 0.25) is 0 Å². The molecule has 4 rings (SSSR count). The van der Waals surface area contributed by atoms with Gasteiger partial charge in [0.05, 0.1) is 11.6 Å². The van der Waals surface area contributed by atoms with Crippen molar-refractivity contribution in [3.8, 4) is 0 Å². The summed E-state index contributed by atoms with van der Waals surface area (Å²) in [4.78, 5) is 32.6. The van der Waals surface area contributed by atoms with E-state index in [-0.39, 0.29) is 11.3 Å². The number of rotatable bonds is 7. The summed E-state index contributed by atoms with van der Waals surface area (Å²) in [5, 5.41) is 11.4. The molecule has 1 heterocycles. The van der Waals surface area contributed by atoms with E-state index < -0.39 is 17.7 Å². The van der Waals surface area contributed by atoms with Crippen LogP contribution in [0.15, 0.2) is 72.3 Å². The Labute approximate surface area is 219 Å². The van der Waals surface area contributed by atoms with Gasteiger partial charge in [0.1, 0.15) is 5.76 Å². The summed E-state index contributed by atoms with van der Waals surface area (Å²) in [6, 6.07) is 20.2. The molecule has 0 aliphatic carbocycles. The summed E-state index contributed by atoms with van der Waals surface area (Å²) in [6.07, 6.45) is 0. The Bertz CT molecular complexity index is 1340. The average molecular weight is 498 g/mol. The van der Waals surface area contributed by atoms with Crippen molar-refractivity contribution in [3.63, 3.8) is 0 Å². The number of ketones is 1. The van der Waals surface area contributed by atoms with Crippen LogP contribution >= 0.6 is 0 Å². The highest BCUT2D eigenvalue weighted by Gasteiger charge is 2.47. The predicted molar refractivity (Wildman–Crippen MR) is 151 cm³/mol. The van der Waals surface area contributed by atoms with Gasteiger partial charge in [0.15, 0.2) is 0 Å². The van der Waals surface area contributed by atoms with Gasteiger partial charge in [-0.05, 0) is 86.8 Å². The van der Waals surface area contributed by atoms with Crippen molar-refractivity contribution in [1.29, 1.82) is 0 Å². The fraction of sp³-hybridized carbons (Fsp3) is 0.290. The summed E-state index contributed by atoms with van der Waals surface area (Å²) in [5.74, 6) is -1.50. The average Bonchev–Trinajstić information content (AvgIpc) is 3.16. The van der Waals surface area contributed by atoms with Gasteiger partial charge in [-0.2, -0.15) is 0 Å². The third kappa shape index (κ3) is 4.84. The molecule has 1 unspecified atom stereocenters. The van der Waals surface area contributed by atoms with Gasteiger partial charge in [-0.25, -0.2) is 0 Å². The van der Waals surface area contributed by atoms with Crippen LogP contribution in [-0.2, 0) is 9.59 Å². The number of hydrogen-bond donors (Lipinski definition) is 1. The van der Waals surface area contributed by atoms with Crippen molar-refractivity contribution >= 4 is 34.5 Å². The van der Waals surface area contributed by atoms with E-state index in [0.29, 0.717) is 11.3 Å². The number of hydrogen-bond acceptors (Lipinski definition) is 5. The molecule has 3 aromatic rings. The topological polar surface area (TPSA) is 64.1 Å². The SMILES string of the molecule is CCN(CC)c1ccc(C2/C(=C(/O)c3ccc(C)c(C)c3)C(=O)C(=O)N2c2ccc(N(C)C)cc2)cc1. The van der Waals surface area contributed by atoms with Crippen molar-refractivity contribution in [3.05, 3.63) is 94.6 Å². The minimum absolute atomic E-state index is 0.0977. The molecular weight excluding hydrogens is 462 g/mol. The molecule has 6 heteroatoms. The molecular formula is C31H35N3O3. The number of aliphatic hydroxyl groups is 1. The van der Waals surface area contributed by atoms with E-state index in [0.717, 1.165) is 41.2 Å². The number of nitrogens with zero attached hydrogens (tertiary/aromatic N) is 3. The Hall–Kier alpha value is -4.06. The molecule has 1 saturated heterocycles. The zero-order chi connectivity index (χ0) is 26.9. The maximum atomic E-state index is 13.5. The van der Waals surface area contributed by atoms with Crippen molar-refractivity contribution in [1.82, 2.24) is 0 Å². The van der Waals surface area contributed by atoms with Crippen LogP contribution in [0.2, 0.25) is 0 Å². The van der Waals surface area contributed by atoms with E-state index in [9.17, 15) is 14.7 Å². The summed E-state index contributed by atoms with van der Waals surface area (Å²) in [5.41, 5.74) is 6.11. The highest BCUT2D eigenvalue weighted by molar-refractivity contribution is 6.51. The smallest absolute Gasteiger partial charge is 0.300 e. The van der Waals surface area contributed by atoms with E-state index >= 15 is 0 Å². The lowest BCUT2D eigenvalue weighted by Crippen LogP contribution is -2.29. The van der Waals surface area contributed by atoms with Crippen LogP contribution in [-0.4, -0.2) is 44.0 Å². The van der Waals surface area contributed by atoms with Crippen LogP contribution in [0.25, 0.3) is 5.76 Å². The van der Waals surface area contributed by atoms with E-state index in [2.05, 4.69) is 18.7 Å². The number of Topliss-reactive ketones (excluding diaryl/α,β-unsaturated/α-hetero) is 1. The van der Waals surface area contributed by atoms with Gasteiger partial charge < -0.3 is 14.9 Å². The second kappa shape index (κ2) is 10.5. The molecule has 0 saturated carbocycles. The molecule has 1 aliphatic heterocycles. The zero-order valence-corrected chi connectivity index (χ0v) is 22.4. The first-order valence-electron chi connectivity index (χ1n) is 12.7. The minimum atomic E-state index is -0.752. The summed E-state index contributed by atoms with van der Waals surface area (Å²) in [6.45, 7) is 9.91. The highest BCUT2D eigenvalue weighted by atomic mass is 16.3. The second-order valence-corrected chi connectivity index (χ2v) is 9.64. The first-order valence-corrected chi connectivity index (χ1v) is 12.7. The number of benzene rings is 3. The molecule has 192 valence electrons. The van der Waals surface area contributed by atoms with Crippen molar-refractivity contribution in [2.45, 2.75) is 33.7 Å². The summed E-state index contributed by atoms with van der Waals surface area (Å²) in [7, 11) is 3.89. The molecule has 1 amide bonds. The quantitative estimate of drug-likeness (QED) is 0.252. The number of carbonyl (C=O) groups is 2. The molecule has 3 aromatic carbocycles. The lowest BCUT2D eigenvalue weighted by atomic mass is 9.94. The fourth-order valence-corrected chi connectivity index (χ4v) is 4.83. The van der Waals surface area contributed by atoms with Crippen molar-refractivity contribution < 1.29 is 14.7 Å². The van der Waals surface area contributed by atoms with E-state index in [1.165, 1.54) is 4.90 Å². The molecule has 0 radical (unpaired) electrons. The number of amides is 1. The number of aliphatic hydroxyl groups excluding tert-OH is 1. The largest absolute Gasteiger partial charge is 0.507 e. The van der Waals surface area contributed by atoms with E-state index in [1.807, 2.05) is 93.5 Å². The Balaban J connectivity index is 1.89. The van der Waals surface area contributed by atoms with Crippen LogP contribution in [0.5, 0.6) is 0 Å². The molecule has 6 nitrogen and oxygen atoms in total. The molecule has 1 aliphatic rings. The number of anilines is 3. The Morgan fingerprint density at radius 3 is 1.97 bits per heavy atom. The zero-order valence-electron chi connectivity index (χ0n) is 22.4. The molecule has 0 spiro atoms. The lowest BCUT2D eigenvalue weighted by molar-refractivity contribution is -0.132. The van der Waals surface area contributed by atoms with Gasteiger partial charge in [-0.3, -0.25) is 14.5 Å². The molecule has 0 bridgehead atoms. The van der Waals surface area contributed by atoms with Gasteiger partial charge in [-0.1, -0.05) is 24.3 Å². The van der Waals surface area contributed by atoms with E-state index in [1.54, 1.807) is 6.07 Å². The third-order valence-corrected chi connectivity index (χ3v) is 7.21. The monoisotopic (exact) mass is 497 g/mol. The highest BCUT2D eigenvalue weighted by Crippen LogP contribution is 2.43. The standard InChI is InChI=1S/C31H35N3O3/c1-7-33(8-2)25-13-11-22(12-14-25)28-27(29(35)23-10-9-20(3)21(4)19-23)30(36)31(37)34(28)26-17-15-24(16-18-26)32(5)6/h9-19,28,35H,7-8H2,1-6H3/b29-27-. The van der Waals surface area contributed by atoms with E-state index in [4.69, 9.17) is 0 Å². The number of carbonyl (C=O) groups excluding carboxylic acids is 2. The van der Waals surface area contributed by atoms with Crippen LogP contribution in [0, 0.1) is 13.8 Å². The fourth-order valence-electron chi connectivity index (χ4n) is 4.83. The first-order chi connectivity index (χ1) is 17.7. The van der Waals surface area contributed by atoms with Crippen molar-refractivity contribution in [2.24, 2.45) is 0 Å². The van der Waals surface area contributed by atoms with Crippen molar-refractivity contribution in [2.75, 3.05) is 41.9 Å². The number of aryl methyl sites for hydroxylation is 2. The van der Waals surface area contributed by atoms with Gasteiger partial charge in [-0.15, -0.1) is 0 Å². The van der Waals surface area contributed by atoms with Crippen LogP contribution in [0.4, 0.5) is 17.1 Å². The molecule has 37 heavy (non-hydrogen) atoms. The molecule has 1 N–H and O–H groups in total. The molecule has 0 aromatic heterocycles. The normalized spacial score (nSPS) is 16.8. The maximum Gasteiger partial charge on any atom is 0.300 e. The Morgan fingerprint density at radius 2 is 1.43 bits per heavy atom. The summed E-state index contributed by atoms with van der Waals surface area (Å²) >= 11 is 0. The van der Waals surface area contributed by atoms with Crippen LogP contribution < -0.4 is 14.7 Å². The first kappa shape index (κ1) is 26.0. The Kier molecular flexibility index (Phi) is 7.39. The molecule has 1 atom stereocenters. The van der Waals surface area contributed by atoms with Gasteiger partial charge in [0, 0.05) is 49.8 Å². The van der Waals surface area contributed by atoms with Crippen LogP contribution in [0.1, 0.15) is 42.1 Å². The van der Waals surface area contributed by atoms with Gasteiger partial charge >= 0.3 is 0 Å². The van der Waals surface area contributed by atoms with Gasteiger partial charge in [0.25, 0.3) is 11.7 Å². The lowest BCUT2D eigenvalue weighted by Gasteiger charge is -2.27. The Morgan fingerprint density at radius 1 is 0.838 bits per heavy atom. The second-order valence-electron chi connectivity index (χ2n) is 9.64. The summed E-state index contributed by atoms with van der Waals surface area (Å²) < 4.78 is 0. The maximum absolute atomic E-state index is 13.5.